The largest absolute Gasteiger partial charge is 0.360 e. The maximum atomic E-state index is 12.7. The summed E-state index contributed by atoms with van der Waals surface area (Å²) in [6.07, 6.45) is 7.21. The van der Waals surface area contributed by atoms with E-state index in [2.05, 4.69) is 22.6 Å². The smallest absolute Gasteiger partial charge is 0.274 e. The Morgan fingerprint density at radius 1 is 1.09 bits per heavy atom. The minimum Gasteiger partial charge on any atom is -0.360 e. The molecule has 0 unspecified atom stereocenters. The van der Waals surface area contributed by atoms with Gasteiger partial charge in [0.15, 0.2) is 5.69 Å². The molecule has 0 bridgehead atoms. The maximum Gasteiger partial charge on any atom is 0.274 e. The number of hydrogen-bond donors (Lipinski definition) is 1. The first-order chi connectivity index (χ1) is 10.8. The van der Waals surface area contributed by atoms with Crippen LogP contribution in [0.5, 0.6) is 0 Å². The lowest BCUT2D eigenvalue weighted by atomic mass is 10.0. The number of carbonyl (C=O) groups is 1. The van der Waals surface area contributed by atoms with E-state index in [0.717, 1.165) is 49.8 Å². The molecule has 4 heteroatoms. The topological polar surface area (TPSA) is 55.1 Å². The van der Waals surface area contributed by atoms with Crippen molar-refractivity contribution in [3.8, 4) is 0 Å². The molecule has 1 amide bonds. The van der Waals surface area contributed by atoms with Crippen molar-refractivity contribution in [2.75, 3.05) is 0 Å². The zero-order chi connectivity index (χ0) is 15.0. The lowest BCUT2D eigenvalue weighted by Crippen LogP contribution is -2.35. The summed E-state index contributed by atoms with van der Waals surface area (Å²) in [7, 11) is 0. The predicted octanol–water partition coefficient (Wildman–Crippen LogP) is 3.36. The molecular formula is C18H20N2O2. The molecule has 4 nitrogen and oxygen atoms in total. The monoisotopic (exact) mass is 296 g/mol. The molecule has 1 aromatic carbocycles. The van der Waals surface area contributed by atoms with Gasteiger partial charge in [0.05, 0.1) is 5.54 Å². The molecule has 0 saturated heterocycles. The Morgan fingerprint density at radius 2 is 1.86 bits per heavy atom. The van der Waals surface area contributed by atoms with Gasteiger partial charge in [-0.3, -0.25) is 4.79 Å². The summed E-state index contributed by atoms with van der Waals surface area (Å²) in [6.45, 7) is 0. The van der Waals surface area contributed by atoms with E-state index in [1.807, 2.05) is 18.2 Å². The third-order valence-corrected chi connectivity index (χ3v) is 4.84. The van der Waals surface area contributed by atoms with Crippen molar-refractivity contribution in [1.82, 2.24) is 10.5 Å². The number of amides is 1. The van der Waals surface area contributed by atoms with Crippen molar-refractivity contribution in [3.05, 3.63) is 52.9 Å². The molecule has 0 radical (unpaired) electrons. The molecule has 22 heavy (non-hydrogen) atoms. The molecule has 2 aromatic rings. The molecule has 1 fully saturated rings. The second kappa shape index (κ2) is 5.27. The number of hydrogen-bond acceptors (Lipinski definition) is 3. The fourth-order valence-corrected chi connectivity index (χ4v) is 3.38. The van der Waals surface area contributed by atoms with Crippen LogP contribution in [0.25, 0.3) is 0 Å². The fourth-order valence-electron chi connectivity index (χ4n) is 3.38. The van der Waals surface area contributed by atoms with Crippen LogP contribution in [0.1, 0.15) is 59.5 Å². The Balaban J connectivity index is 1.57. The summed E-state index contributed by atoms with van der Waals surface area (Å²) < 4.78 is 5.42. The third kappa shape index (κ3) is 2.32. The molecule has 2 aliphatic carbocycles. The molecule has 1 saturated carbocycles. The summed E-state index contributed by atoms with van der Waals surface area (Å²) in [5, 5.41) is 7.25. The number of aromatic nitrogens is 1. The van der Waals surface area contributed by atoms with Gasteiger partial charge in [0.2, 0.25) is 0 Å². The Kier molecular flexibility index (Phi) is 3.25. The molecule has 0 spiro atoms. The van der Waals surface area contributed by atoms with Crippen molar-refractivity contribution in [2.45, 2.75) is 50.5 Å². The van der Waals surface area contributed by atoms with Crippen molar-refractivity contribution in [2.24, 2.45) is 0 Å². The summed E-state index contributed by atoms with van der Waals surface area (Å²) in [6, 6.07) is 10.2. The Hall–Kier alpha value is -2.10. The van der Waals surface area contributed by atoms with Crippen LogP contribution >= 0.6 is 0 Å². The van der Waals surface area contributed by atoms with Crippen LogP contribution < -0.4 is 5.32 Å². The number of rotatable bonds is 3. The molecule has 2 aliphatic rings. The standard InChI is InChI=1S/C18H20N2O2/c21-17(16-14-9-5-2-6-10-15(14)22-20-16)19-18(11-12-18)13-7-3-1-4-8-13/h1,3-4,7-8H,2,5-6,9-12H2,(H,19,21). The highest BCUT2D eigenvalue weighted by Crippen LogP contribution is 2.45. The van der Waals surface area contributed by atoms with Crippen LogP contribution in [0.2, 0.25) is 0 Å². The molecule has 1 aromatic heterocycles. The molecule has 1 N–H and O–H groups in total. The number of benzene rings is 1. The Bertz CT molecular complexity index is 686. The number of carbonyl (C=O) groups excluding carboxylic acids is 1. The first kappa shape index (κ1) is 13.6. The predicted molar refractivity (Wildman–Crippen MR) is 82.6 cm³/mol. The highest BCUT2D eigenvalue weighted by Gasteiger charge is 2.46. The van der Waals surface area contributed by atoms with Gasteiger partial charge in [0.25, 0.3) is 5.91 Å². The second-order valence-corrected chi connectivity index (χ2v) is 6.40. The van der Waals surface area contributed by atoms with Crippen molar-refractivity contribution in [3.63, 3.8) is 0 Å². The summed E-state index contributed by atoms with van der Waals surface area (Å²) >= 11 is 0. The van der Waals surface area contributed by atoms with E-state index in [-0.39, 0.29) is 11.4 Å². The van der Waals surface area contributed by atoms with Crippen LogP contribution in [0.4, 0.5) is 0 Å². The minimum absolute atomic E-state index is 0.0896. The van der Waals surface area contributed by atoms with Crippen molar-refractivity contribution >= 4 is 5.91 Å². The molecule has 0 atom stereocenters. The first-order valence-corrected chi connectivity index (χ1v) is 8.14. The van der Waals surface area contributed by atoms with E-state index in [1.54, 1.807) is 0 Å². The molecular weight excluding hydrogens is 276 g/mol. The number of nitrogens with one attached hydrogen (secondary N) is 1. The summed E-state index contributed by atoms with van der Waals surface area (Å²) in [5.41, 5.74) is 2.51. The van der Waals surface area contributed by atoms with Gasteiger partial charge >= 0.3 is 0 Å². The Morgan fingerprint density at radius 3 is 2.64 bits per heavy atom. The lowest BCUT2D eigenvalue weighted by Gasteiger charge is -2.17. The van der Waals surface area contributed by atoms with Crippen molar-refractivity contribution < 1.29 is 9.32 Å². The number of aryl methyl sites for hydroxylation is 1. The van der Waals surface area contributed by atoms with Crippen LogP contribution in [0.3, 0.4) is 0 Å². The first-order valence-electron chi connectivity index (χ1n) is 8.14. The van der Waals surface area contributed by atoms with Crippen LogP contribution in [-0.4, -0.2) is 11.1 Å². The van der Waals surface area contributed by atoms with E-state index in [0.29, 0.717) is 5.69 Å². The highest BCUT2D eigenvalue weighted by molar-refractivity contribution is 5.94. The van der Waals surface area contributed by atoms with E-state index in [4.69, 9.17) is 4.52 Å². The minimum atomic E-state index is -0.199. The molecule has 1 heterocycles. The van der Waals surface area contributed by atoms with Crippen LogP contribution in [0.15, 0.2) is 34.9 Å². The average Bonchev–Trinajstić information content (AvgIpc) is 3.28. The van der Waals surface area contributed by atoms with Gasteiger partial charge in [-0.2, -0.15) is 0 Å². The SMILES string of the molecule is O=C(NC1(c2ccccc2)CC1)c1noc2c1CCCCC2. The molecule has 4 rings (SSSR count). The second-order valence-electron chi connectivity index (χ2n) is 6.40. The summed E-state index contributed by atoms with van der Waals surface area (Å²) in [4.78, 5) is 12.7. The van der Waals surface area contributed by atoms with E-state index < -0.39 is 0 Å². The fraction of sp³-hybridized carbons (Fsp3) is 0.444. The quantitative estimate of drug-likeness (QED) is 0.884. The van der Waals surface area contributed by atoms with Crippen LogP contribution in [0, 0.1) is 0 Å². The van der Waals surface area contributed by atoms with Gasteiger partial charge in [-0.1, -0.05) is 41.9 Å². The summed E-state index contributed by atoms with van der Waals surface area (Å²) in [5.74, 6) is 0.820. The highest BCUT2D eigenvalue weighted by atomic mass is 16.5. The van der Waals surface area contributed by atoms with Gasteiger partial charge in [0.1, 0.15) is 5.76 Å². The van der Waals surface area contributed by atoms with Gasteiger partial charge in [0, 0.05) is 12.0 Å². The van der Waals surface area contributed by atoms with Gasteiger partial charge in [-0.05, 0) is 37.7 Å². The number of nitrogens with zero attached hydrogens (tertiary/aromatic N) is 1. The Labute approximate surface area is 129 Å². The number of fused-ring (bicyclic) bond motifs is 1. The maximum absolute atomic E-state index is 12.7. The average molecular weight is 296 g/mol. The molecule has 0 aliphatic heterocycles. The van der Waals surface area contributed by atoms with Crippen molar-refractivity contribution in [1.29, 1.82) is 0 Å². The van der Waals surface area contributed by atoms with Gasteiger partial charge in [-0.15, -0.1) is 0 Å². The zero-order valence-electron chi connectivity index (χ0n) is 12.6. The third-order valence-electron chi connectivity index (χ3n) is 4.84. The zero-order valence-corrected chi connectivity index (χ0v) is 12.6. The molecule has 114 valence electrons. The van der Waals surface area contributed by atoms with Crippen LogP contribution in [-0.2, 0) is 18.4 Å². The van der Waals surface area contributed by atoms with E-state index >= 15 is 0 Å². The van der Waals surface area contributed by atoms with E-state index in [9.17, 15) is 4.79 Å². The van der Waals surface area contributed by atoms with Gasteiger partial charge in [-0.25, -0.2) is 0 Å². The lowest BCUT2D eigenvalue weighted by molar-refractivity contribution is 0.0920. The van der Waals surface area contributed by atoms with Gasteiger partial charge < -0.3 is 9.84 Å². The van der Waals surface area contributed by atoms with E-state index in [1.165, 1.54) is 12.0 Å². The normalized spacial score (nSPS) is 19.1.